The fourth-order valence-corrected chi connectivity index (χ4v) is 5.23. The summed E-state index contributed by atoms with van der Waals surface area (Å²) in [5, 5.41) is 0. The van der Waals surface area contributed by atoms with Crippen molar-refractivity contribution in [2.24, 2.45) is 5.92 Å². The molecule has 1 aliphatic heterocycles. The summed E-state index contributed by atoms with van der Waals surface area (Å²) in [7, 11) is 1.71. The molecule has 1 atom stereocenters. The molecule has 0 spiro atoms. The molecule has 1 saturated heterocycles. The molecule has 4 rings (SSSR count). The molecule has 1 heterocycles. The summed E-state index contributed by atoms with van der Waals surface area (Å²) in [6, 6.07) is 15.0. The van der Waals surface area contributed by atoms with Crippen molar-refractivity contribution in [3.05, 3.63) is 64.7 Å². The first kappa shape index (κ1) is 27.5. The Hall–Kier alpha value is -2.08. The molecule has 1 amide bonds. The molecule has 2 aromatic carbocycles. The molecule has 35 heavy (non-hydrogen) atoms. The van der Waals surface area contributed by atoms with Crippen LogP contribution < -0.4 is 4.74 Å². The molecule has 192 valence electrons. The predicted molar refractivity (Wildman–Crippen MR) is 143 cm³/mol. The van der Waals surface area contributed by atoms with E-state index >= 15 is 0 Å². The fraction of sp³-hybridized carbons (Fsp3) is 0.552. The molecule has 0 saturated carbocycles. The number of morpholine rings is 1. The molecule has 6 heteroatoms. The maximum absolute atomic E-state index is 13.7. The van der Waals surface area contributed by atoms with Gasteiger partial charge in [0.2, 0.25) is 0 Å². The Labute approximate surface area is 217 Å². The Morgan fingerprint density at radius 2 is 1.89 bits per heavy atom. The quantitative estimate of drug-likeness (QED) is 0.463. The van der Waals surface area contributed by atoms with Gasteiger partial charge in [-0.25, -0.2) is 0 Å². The van der Waals surface area contributed by atoms with Gasteiger partial charge in [0.15, 0.2) is 0 Å². The van der Waals surface area contributed by atoms with Crippen LogP contribution in [-0.4, -0.2) is 55.2 Å². The third kappa shape index (κ3) is 7.45. The van der Waals surface area contributed by atoms with Crippen LogP contribution >= 0.6 is 12.4 Å². The Kier molecular flexibility index (Phi) is 10.4. The Bertz CT molecular complexity index is 965. The summed E-state index contributed by atoms with van der Waals surface area (Å²) >= 11 is 0. The molecule has 0 N–H and O–H groups in total. The number of amides is 1. The van der Waals surface area contributed by atoms with Crippen molar-refractivity contribution in [3.63, 3.8) is 0 Å². The summed E-state index contributed by atoms with van der Waals surface area (Å²) in [6.45, 7) is 8.48. The lowest BCUT2D eigenvalue weighted by molar-refractivity contribution is -0.151. The van der Waals surface area contributed by atoms with E-state index in [2.05, 4.69) is 43.0 Å². The van der Waals surface area contributed by atoms with Crippen LogP contribution in [0, 0.1) is 5.92 Å². The largest absolute Gasteiger partial charge is 0.496 e. The van der Waals surface area contributed by atoms with Gasteiger partial charge in [-0.1, -0.05) is 56.7 Å². The van der Waals surface area contributed by atoms with Gasteiger partial charge >= 0.3 is 0 Å². The maximum atomic E-state index is 13.7. The average molecular weight is 501 g/mol. The second kappa shape index (κ2) is 13.3. The van der Waals surface area contributed by atoms with Gasteiger partial charge in [-0.3, -0.25) is 9.69 Å². The molecule has 2 aliphatic rings. The zero-order valence-electron chi connectivity index (χ0n) is 21.5. The number of carbonyl (C=O) groups excluding carboxylic acids is 1. The van der Waals surface area contributed by atoms with Crippen LogP contribution in [0.2, 0.25) is 0 Å². The van der Waals surface area contributed by atoms with Gasteiger partial charge in [-0.2, -0.15) is 0 Å². The van der Waals surface area contributed by atoms with E-state index in [1.165, 1.54) is 42.4 Å². The van der Waals surface area contributed by atoms with Crippen LogP contribution in [-0.2, 0) is 35.5 Å². The van der Waals surface area contributed by atoms with Crippen LogP contribution in [0.1, 0.15) is 55.4 Å². The van der Waals surface area contributed by atoms with Crippen molar-refractivity contribution in [1.82, 2.24) is 9.80 Å². The Morgan fingerprint density at radius 3 is 2.66 bits per heavy atom. The summed E-state index contributed by atoms with van der Waals surface area (Å²) in [4.78, 5) is 18.0. The topological polar surface area (TPSA) is 42.0 Å². The van der Waals surface area contributed by atoms with Gasteiger partial charge in [0.05, 0.1) is 13.7 Å². The van der Waals surface area contributed by atoms with E-state index in [0.717, 1.165) is 37.4 Å². The lowest BCUT2D eigenvalue weighted by Crippen LogP contribution is -2.51. The molecule has 1 fully saturated rings. The van der Waals surface area contributed by atoms with E-state index in [9.17, 15) is 4.79 Å². The zero-order valence-corrected chi connectivity index (χ0v) is 22.3. The molecular formula is C29H41ClN2O3. The summed E-state index contributed by atoms with van der Waals surface area (Å²) in [6.07, 6.45) is 5.78. The minimum absolute atomic E-state index is 0. The molecule has 5 nitrogen and oxygen atoms in total. The van der Waals surface area contributed by atoms with Crippen molar-refractivity contribution in [2.45, 2.75) is 65.1 Å². The molecular weight excluding hydrogens is 460 g/mol. The number of ether oxygens (including phenoxy) is 2. The number of benzene rings is 2. The van der Waals surface area contributed by atoms with Crippen molar-refractivity contribution in [1.29, 1.82) is 0 Å². The minimum Gasteiger partial charge on any atom is -0.496 e. The minimum atomic E-state index is -0.428. The van der Waals surface area contributed by atoms with E-state index in [-0.39, 0.29) is 18.3 Å². The monoisotopic (exact) mass is 500 g/mol. The second-order valence-corrected chi connectivity index (χ2v) is 10.2. The third-order valence-corrected chi connectivity index (χ3v) is 6.95. The first-order valence-electron chi connectivity index (χ1n) is 12.9. The van der Waals surface area contributed by atoms with Crippen molar-refractivity contribution in [3.8, 4) is 5.75 Å². The number of fused-ring (bicyclic) bond motifs is 1. The highest BCUT2D eigenvalue weighted by Crippen LogP contribution is 2.24. The number of para-hydroxylation sites is 1. The second-order valence-electron chi connectivity index (χ2n) is 10.2. The number of hydrogen-bond acceptors (Lipinski definition) is 4. The predicted octanol–water partition coefficient (Wildman–Crippen LogP) is 5.27. The zero-order chi connectivity index (χ0) is 23.9. The number of carbonyl (C=O) groups is 1. The van der Waals surface area contributed by atoms with Gasteiger partial charge < -0.3 is 14.4 Å². The standard InChI is InChI=1S/C29H40N2O3.ClH/c1-22(2)18-31(19-23-13-14-24-9-5-4-6-10-25(24)17-23)29(32)28-21-30(15-16-34-28)20-26-11-7-8-12-27(26)33-3;/h7-8,11-14,17,22,28H,4-6,9-10,15-16,18-21H2,1-3H3;1H. The highest BCUT2D eigenvalue weighted by atomic mass is 35.5. The van der Waals surface area contributed by atoms with Gasteiger partial charge in [0.25, 0.3) is 5.91 Å². The van der Waals surface area contributed by atoms with E-state index in [0.29, 0.717) is 25.6 Å². The van der Waals surface area contributed by atoms with Crippen LogP contribution in [0.25, 0.3) is 0 Å². The lowest BCUT2D eigenvalue weighted by atomic mass is 9.99. The smallest absolute Gasteiger partial charge is 0.253 e. The molecule has 1 aliphatic carbocycles. The van der Waals surface area contributed by atoms with Crippen molar-refractivity contribution < 1.29 is 14.3 Å². The number of methoxy groups -OCH3 is 1. The van der Waals surface area contributed by atoms with Gasteiger partial charge in [-0.15, -0.1) is 12.4 Å². The van der Waals surface area contributed by atoms with Crippen molar-refractivity contribution in [2.75, 3.05) is 33.4 Å². The number of halogens is 1. The highest BCUT2D eigenvalue weighted by molar-refractivity contribution is 5.85. The van der Waals surface area contributed by atoms with Crippen LogP contribution in [0.3, 0.4) is 0 Å². The third-order valence-electron chi connectivity index (χ3n) is 6.95. The molecule has 2 aromatic rings. The van der Waals surface area contributed by atoms with E-state index in [4.69, 9.17) is 9.47 Å². The van der Waals surface area contributed by atoms with Gasteiger partial charge in [-0.05, 0) is 54.4 Å². The maximum Gasteiger partial charge on any atom is 0.253 e. The molecule has 0 bridgehead atoms. The first-order valence-corrected chi connectivity index (χ1v) is 12.9. The van der Waals surface area contributed by atoms with Crippen molar-refractivity contribution >= 4 is 18.3 Å². The number of aryl methyl sites for hydroxylation is 2. The normalized spacial score (nSPS) is 18.3. The van der Waals surface area contributed by atoms with Gasteiger partial charge in [0, 0.05) is 38.3 Å². The molecule has 1 unspecified atom stereocenters. The van der Waals surface area contributed by atoms with Crippen LogP contribution in [0.4, 0.5) is 0 Å². The van der Waals surface area contributed by atoms with E-state index in [1.807, 2.05) is 23.1 Å². The van der Waals surface area contributed by atoms with E-state index in [1.54, 1.807) is 7.11 Å². The Balaban J connectivity index is 0.00000342. The summed E-state index contributed by atoms with van der Waals surface area (Å²) in [5.74, 6) is 1.40. The molecule has 0 radical (unpaired) electrons. The lowest BCUT2D eigenvalue weighted by Gasteiger charge is -2.36. The number of hydrogen-bond donors (Lipinski definition) is 0. The van der Waals surface area contributed by atoms with Crippen LogP contribution in [0.5, 0.6) is 5.75 Å². The van der Waals surface area contributed by atoms with Gasteiger partial charge in [0.1, 0.15) is 11.9 Å². The molecule has 0 aromatic heterocycles. The fourth-order valence-electron chi connectivity index (χ4n) is 5.23. The van der Waals surface area contributed by atoms with Crippen LogP contribution in [0.15, 0.2) is 42.5 Å². The highest BCUT2D eigenvalue weighted by Gasteiger charge is 2.31. The number of nitrogens with zero attached hydrogens (tertiary/aromatic N) is 2. The average Bonchev–Trinajstić information content (AvgIpc) is 3.08. The summed E-state index contributed by atoms with van der Waals surface area (Å²) < 4.78 is 11.5. The SMILES string of the molecule is COc1ccccc1CN1CCOC(C(=O)N(Cc2ccc3c(c2)CCCCC3)CC(C)C)C1.Cl. The Morgan fingerprint density at radius 1 is 1.11 bits per heavy atom. The van der Waals surface area contributed by atoms with E-state index < -0.39 is 6.10 Å². The summed E-state index contributed by atoms with van der Waals surface area (Å²) in [5.41, 5.74) is 5.34. The first-order chi connectivity index (χ1) is 16.5. The number of rotatable bonds is 8.